The summed E-state index contributed by atoms with van der Waals surface area (Å²) in [5.41, 5.74) is 0.980. The highest BCUT2D eigenvalue weighted by Gasteiger charge is 2.29. The number of halogens is 2. The van der Waals surface area contributed by atoms with Crippen LogP contribution in [0, 0.1) is 0 Å². The van der Waals surface area contributed by atoms with E-state index in [0.717, 1.165) is 17.5 Å². The fourth-order valence-electron chi connectivity index (χ4n) is 3.45. The van der Waals surface area contributed by atoms with Crippen LogP contribution >= 0.6 is 34.5 Å². The number of amides is 1. The van der Waals surface area contributed by atoms with E-state index in [1.807, 2.05) is 0 Å². The third-order valence-electron chi connectivity index (χ3n) is 4.95. The van der Waals surface area contributed by atoms with Crippen molar-refractivity contribution in [2.75, 3.05) is 32.3 Å². The molecule has 1 amide bonds. The molecule has 2 heterocycles. The van der Waals surface area contributed by atoms with Gasteiger partial charge in [-0.1, -0.05) is 34.5 Å². The van der Waals surface area contributed by atoms with E-state index in [0.29, 0.717) is 50.9 Å². The molecule has 6 nitrogen and oxygen atoms in total. The summed E-state index contributed by atoms with van der Waals surface area (Å²) in [6.45, 7) is 1.06. The van der Waals surface area contributed by atoms with Crippen LogP contribution in [0.2, 0.25) is 10.0 Å². The Hall–Kier alpha value is -2.06. The number of ether oxygens (including phenoxy) is 3. The Balaban J connectivity index is 1.81. The highest BCUT2D eigenvalue weighted by atomic mass is 35.5. The van der Waals surface area contributed by atoms with Crippen molar-refractivity contribution < 1.29 is 19.0 Å². The van der Waals surface area contributed by atoms with Crippen molar-refractivity contribution in [3.05, 3.63) is 45.9 Å². The Labute approximate surface area is 188 Å². The van der Waals surface area contributed by atoms with Gasteiger partial charge in [-0.25, -0.2) is 4.98 Å². The average Bonchev–Trinajstić information content (AvgIpc) is 3.42. The molecule has 9 heteroatoms. The average molecular weight is 467 g/mol. The molecular formula is C21H20Cl2N2O4S. The molecule has 0 N–H and O–H groups in total. The summed E-state index contributed by atoms with van der Waals surface area (Å²) in [7, 11) is 3.10. The van der Waals surface area contributed by atoms with Gasteiger partial charge in [-0.05, 0) is 43.2 Å². The number of hydrogen-bond donors (Lipinski definition) is 0. The van der Waals surface area contributed by atoms with Crippen LogP contribution in [0.4, 0.5) is 5.13 Å². The summed E-state index contributed by atoms with van der Waals surface area (Å²) >= 11 is 13.9. The number of fused-ring (bicyclic) bond motifs is 1. The summed E-state index contributed by atoms with van der Waals surface area (Å²) in [4.78, 5) is 19.9. The molecule has 0 aliphatic carbocycles. The van der Waals surface area contributed by atoms with Crippen LogP contribution in [0.15, 0.2) is 30.3 Å². The molecule has 0 radical (unpaired) electrons. The number of hydrogen-bond acceptors (Lipinski definition) is 6. The lowest BCUT2D eigenvalue weighted by molar-refractivity contribution is 0.0915. The third-order valence-corrected chi connectivity index (χ3v) is 6.72. The molecule has 1 unspecified atom stereocenters. The summed E-state index contributed by atoms with van der Waals surface area (Å²) in [6.07, 6.45) is 1.78. The summed E-state index contributed by atoms with van der Waals surface area (Å²) < 4.78 is 17.4. The van der Waals surface area contributed by atoms with E-state index in [2.05, 4.69) is 0 Å². The van der Waals surface area contributed by atoms with E-state index < -0.39 is 0 Å². The number of methoxy groups -OCH3 is 2. The lowest BCUT2D eigenvalue weighted by Gasteiger charge is -2.24. The minimum Gasteiger partial charge on any atom is -0.496 e. The largest absolute Gasteiger partial charge is 0.496 e. The van der Waals surface area contributed by atoms with Gasteiger partial charge in [0, 0.05) is 11.6 Å². The second-order valence-corrected chi connectivity index (χ2v) is 8.64. The number of carbonyl (C=O) groups excluding carboxylic acids is 1. The number of aromatic nitrogens is 1. The molecule has 1 aliphatic heterocycles. The molecule has 1 fully saturated rings. The Morgan fingerprint density at radius 3 is 2.70 bits per heavy atom. The Bertz CT molecular complexity index is 1080. The maximum Gasteiger partial charge on any atom is 0.263 e. The Morgan fingerprint density at radius 1 is 1.23 bits per heavy atom. The summed E-state index contributed by atoms with van der Waals surface area (Å²) in [5, 5.41) is 1.52. The van der Waals surface area contributed by atoms with Crippen LogP contribution in [-0.2, 0) is 4.74 Å². The van der Waals surface area contributed by atoms with E-state index in [9.17, 15) is 4.79 Å². The quantitative estimate of drug-likeness (QED) is 0.483. The van der Waals surface area contributed by atoms with Gasteiger partial charge in [-0.3, -0.25) is 9.69 Å². The number of rotatable bonds is 6. The van der Waals surface area contributed by atoms with E-state index in [-0.39, 0.29) is 12.0 Å². The molecule has 2 aromatic carbocycles. The SMILES string of the molecule is COc1ccc(Cl)cc1C(=O)N(CC1CCCO1)c1nc2c(OC)ccc(Cl)c2s1. The highest BCUT2D eigenvalue weighted by Crippen LogP contribution is 2.40. The second kappa shape index (κ2) is 8.98. The molecule has 4 rings (SSSR count). The van der Waals surface area contributed by atoms with E-state index >= 15 is 0 Å². The van der Waals surface area contributed by atoms with Gasteiger partial charge in [0.2, 0.25) is 0 Å². The topological polar surface area (TPSA) is 60.9 Å². The first kappa shape index (κ1) is 21.2. The second-order valence-electron chi connectivity index (χ2n) is 6.82. The van der Waals surface area contributed by atoms with Crippen molar-refractivity contribution in [3.8, 4) is 11.5 Å². The number of nitrogens with zero attached hydrogens (tertiary/aromatic N) is 2. The van der Waals surface area contributed by atoms with E-state index in [1.165, 1.54) is 18.4 Å². The zero-order valence-corrected chi connectivity index (χ0v) is 18.8. The number of carbonyl (C=O) groups is 1. The smallest absolute Gasteiger partial charge is 0.263 e. The molecule has 30 heavy (non-hydrogen) atoms. The van der Waals surface area contributed by atoms with Gasteiger partial charge < -0.3 is 14.2 Å². The standard InChI is InChI=1S/C21H20Cl2N2O4S/c1-27-16-7-5-12(22)10-14(16)20(26)25(11-13-4-3-9-29-13)21-24-18-17(28-2)8-6-15(23)19(18)30-21/h5-8,10,13H,3-4,9,11H2,1-2H3. The molecule has 0 spiro atoms. The summed E-state index contributed by atoms with van der Waals surface area (Å²) in [5.74, 6) is 0.777. The van der Waals surface area contributed by atoms with Crippen molar-refractivity contribution in [2.24, 2.45) is 0 Å². The first-order chi connectivity index (χ1) is 14.5. The maximum absolute atomic E-state index is 13.6. The molecule has 1 saturated heterocycles. The van der Waals surface area contributed by atoms with Crippen LogP contribution in [0.1, 0.15) is 23.2 Å². The molecule has 0 bridgehead atoms. The van der Waals surface area contributed by atoms with Gasteiger partial charge in [0.15, 0.2) is 5.13 Å². The predicted octanol–water partition coefficient (Wildman–Crippen LogP) is 5.45. The number of anilines is 1. The molecular weight excluding hydrogens is 447 g/mol. The first-order valence-corrected chi connectivity index (χ1v) is 11.0. The normalized spacial score (nSPS) is 16.1. The van der Waals surface area contributed by atoms with Crippen molar-refractivity contribution in [1.29, 1.82) is 0 Å². The van der Waals surface area contributed by atoms with E-state index in [4.69, 9.17) is 42.4 Å². The minimum atomic E-state index is -0.265. The third kappa shape index (κ3) is 4.07. The molecule has 0 saturated carbocycles. The lowest BCUT2D eigenvalue weighted by Crippen LogP contribution is -2.37. The van der Waals surface area contributed by atoms with E-state index in [1.54, 1.807) is 42.3 Å². The summed E-state index contributed by atoms with van der Waals surface area (Å²) in [6, 6.07) is 8.49. The molecule has 158 valence electrons. The predicted molar refractivity (Wildman–Crippen MR) is 120 cm³/mol. The van der Waals surface area contributed by atoms with Gasteiger partial charge in [0.25, 0.3) is 5.91 Å². The maximum atomic E-state index is 13.6. The zero-order chi connectivity index (χ0) is 21.3. The van der Waals surface area contributed by atoms with Crippen LogP contribution in [0.3, 0.4) is 0 Å². The van der Waals surface area contributed by atoms with Gasteiger partial charge in [-0.15, -0.1) is 0 Å². The fraction of sp³-hybridized carbons (Fsp3) is 0.333. The van der Waals surface area contributed by atoms with Crippen molar-refractivity contribution in [1.82, 2.24) is 4.98 Å². The number of thiazole rings is 1. The molecule has 1 aliphatic rings. The van der Waals surface area contributed by atoms with Gasteiger partial charge in [-0.2, -0.15) is 0 Å². The molecule has 1 aromatic heterocycles. The van der Waals surface area contributed by atoms with Crippen molar-refractivity contribution in [2.45, 2.75) is 18.9 Å². The highest BCUT2D eigenvalue weighted by molar-refractivity contribution is 7.23. The molecule has 1 atom stereocenters. The first-order valence-electron chi connectivity index (χ1n) is 9.42. The van der Waals surface area contributed by atoms with Crippen LogP contribution in [0.5, 0.6) is 11.5 Å². The van der Waals surface area contributed by atoms with Gasteiger partial charge >= 0.3 is 0 Å². The lowest BCUT2D eigenvalue weighted by atomic mass is 10.1. The van der Waals surface area contributed by atoms with Crippen LogP contribution in [-0.4, -0.2) is 44.4 Å². The van der Waals surface area contributed by atoms with Gasteiger partial charge in [0.05, 0.1) is 42.2 Å². The zero-order valence-electron chi connectivity index (χ0n) is 16.5. The monoisotopic (exact) mass is 466 g/mol. The van der Waals surface area contributed by atoms with Crippen molar-refractivity contribution >= 4 is 55.8 Å². The van der Waals surface area contributed by atoms with Crippen molar-refractivity contribution in [3.63, 3.8) is 0 Å². The fourth-order valence-corrected chi connectivity index (χ4v) is 4.89. The van der Waals surface area contributed by atoms with Crippen LogP contribution < -0.4 is 14.4 Å². The van der Waals surface area contributed by atoms with Crippen LogP contribution in [0.25, 0.3) is 10.2 Å². The number of benzene rings is 2. The molecule has 3 aromatic rings. The minimum absolute atomic E-state index is 0.0662. The van der Waals surface area contributed by atoms with Gasteiger partial charge in [0.1, 0.15) is 17.0 Å². The Morgan fingerprint density at radius 2 is 2.00 bits per heavy atom. The Kier molecular flexibility index (Phi) is 6.34.